The average molecular weight is 303 g/mol. The van der Waals surface area contributed by atoms with Gasteiger partial charge in [0.05, 0.1) is 11.9 Å². The second-order valence-corrected chi connectivity index (χ2v) is 4.14. The molecular weight excluding hydrogens is 288 g/mol. The number of nitrogens with zero attached hydrogens (tertiary/aromatic N) is 1. The first-order chi connectivity index (χ1) is 8.13. The lowest BCUT2D eigenvalue weighted by atomic mass is 10.2. The molecule has 1 rings (SSSR count). The Balaban J connectivity index is 3.11. The Morgan fingerprint density at radius 3 is 2.65 bits per heavy atom. The molecule has 0 saturated carbocycles. The van der Waals surface area contributed by atoms with Crippen LogP contribution in [0, 0.1) is 0 Å². The zero-order valence-corrected chi connectivity index (χ0v) is 11.6. The second-order valence-electron chi connectivity index (χ2n) is 3.29. The highest BCUT2D eigenvalue weighted by atomic mass is 79.9. The van der Waals surface area contributed by atoms with Crippen molar-refractivity contribution in [1.82, 2.24) is 4.98 Å². The molecule has 17 heavy (non-hydrogen) atoms. The number of hydrogen-bond donors (Lipinski definition) is 1. The van der Waals surface area contributed by atoms with Crippen LogP contribution >= 0.6 is 15.9 Å². The molecule has 1 amide bonds. The van der Waals surface area contributed by atoms with Crippen LogP contribution in [0.5, 0.6) is 0 Å². The smallest absolute Gasteiger partial charge is 0.224 e. The Kier molecular flexibility index (Phi) is 5.54. The summed E-state index contributed by atoms with van der Waals surface area (Å²) in [7, 11) is 3.07. The molecule has 0 atom stereocenters. The summed E-state index contributed by atoms with van der Waals surface area (Å²) in [4.78, 5) is 15.4. The van der Waals surface area contributed by atoms with Crippen LogP contribution in [0.4, 0.5) is 5.69 Å². The molecule has 1 heterocycles. The Hall–Kier alpha value is -0.980. The van der Waals surface area contributed by atoms with E-state index in [-0.39, 0.29) is 5.91 Å². The van der Waals surface area contributed by atoms with E-state index in [0.29, 0.717) is 17.7 Å². The van der Waals surface area contributed by atoms with E-state index in [1.807, 2.05) is 0 Å². The quantitative estimate of drug-likeness (QED) is 0.849. The molecule has 0 spiro atoms. The van der Waals surface area contributed by atoms with E-state index in [2.05, 4.69) is 26.2 Å². The first kappa shape index (κ1) is 14.1. The summed E-state index contributed by atoms with van der Waals surface area (Å²) >= 11 is 3.37. The number of halogens is 1. The number of hydrogen-bond acceptors (Lipinski definition) is 4. The minimum absolute atomic E-state index is 0.0860. The number of pyridine rings is 1. The van der Waals surface area contributed by atoms with Gasteiger partial charge in [0.2, 0.25) is 5.91 Å². The number of carbonyl (C=O) groups excluding carboxylic acids is 1. The number of carbonyl (C=O) groups is 1. The van der Waals surface area contributed by atoms with E-state index in [0.717, 1.165) is 4.47 Å². The third-order valence-electron chi connectivity index (χ3n) is 2.20. The summed E-state index contributed by atoms with van der Waals surface area (Å²) in [6.45, 7) is 1.78. The van der Waals surface area contributed by atoms with Gasteiger partial charge in [-0.15, -0.1) is 0 Å². The van der Waals surface area contributed by atoms with Crippen molar-refractivity contribution in [2.24, 2.45) is 0 Å². The summed E-state index contributed by atoms with van der Waals surface area (Å²) in [5.41, 5.74) is 1.30. The molecule has 5 nitrogen and oxygen atoms in total. The SMILES string of the molecule is CCC(=O)Nc1cncc(Br)c1C(OC)OC. The highest BCUT2D eigenvalue weighted by Gasteiger charge is 2.19. The van der Waals surface area contributed by atoms with Gasteiger partial charge < -0.3 is 14.8 Å². The maximum absolute atomic E-state index is 11.4. The zero-order chi connectivity index (χ0) is 12.8. The third kappa shape index (κ3) is 3.49. The number of amides is 1. The molecule has 0 saturated heterocycles. The molecule has 6 heteroatoms. The van der Waals surface area contributed by atoms with Crippen LogP contribution in [0.2, 0.25) is 0 Å². The number of nitrogens with one attached hydrogen (secondary N) is 1. The predicted molar refractivity (Wildman–Crippen MR) is 67.6 cm³/mol. The van der Waals surface area contributed by atoms with Gasteiger partial charge in [-0.1, -0.05) is 6.92 Å². The largest absolute Gasteiger partial charge is 0.352 e. The molecule has 1 aromatic rings. The standard InChI is InChI=1S/C11H15BrN2O3/c1-4-9(15)14-8-6-13-5-7(12)10(8)11(16-2)17-3/h5-6,11H,4H2,1-3H3,(H,14,15). The van der Waals surface area contributed by atoms with Gasteiger partial charge in [-0.3, -0.25) is 9.78 Å². The van der Waals surface area contributed by atoms with E-state index >= 15 is 0 Å². The van der Waals surface area contributed by atoms with E-state index in [1.165, 1.54) is 14.2 Å². The molecule has 1 aromatic heterocycles. The molecular formula is C11H15BrN2O3. The van der Waals surface area contributed by atoms with Crippen molar-refractivity contribution >= 4 is 27.5 Å². The van der Waals surface area contributed by atoms with E-state index in [4.69, 9.17) is 9.47 Å². The third-order valence-corrected chi connectivity index (χ3v) is 2.83. The summed E-state index contributed by atoms with van der Waals surface area (Å²) in [5.74, 6) is -0.0860. The average Bonchev–Trinajstić information content (AvgIpc) is 2.33. The van der Waals surface area contributed by atoms with Crippen molar-refractivity contribution in [3.63, 3.8) is 0 Å². The van der Waals surface area contributed by atoms with Crippen molar-refractivity contribution in [1.29, 1.82) is 0 Å². The maximum Gasteiger partial charge on any atom is 0.224 e. The maximum atomic E-state index is 11.4. The fraction of sp³-hybridized carbons (Fsp3) is 0.455. The van der Waals surface area contributed by atoms with Crippen molar-refractivity contribution in [3.8, 4) is 0 Å². The van der Waals surface area contributed by atoms with E-state index in [9.17, 15) is 4.79 Å². The van der Waals surface area contributed by atoms with Gasteiger partial charge in [-0.25, -0.2) is 0 Å². The van der Waals surface area contributed by atoms with Crippen LogP contribution in [-0.4, -0.2) is 25.1 Å². The molecule has 0 radical (unpaired) electrons. The van der Waals surface area contributed by atoms with Gasteiger partial charge >= 0.3 is 0 Å². The molecule has 0 bridgehead atoms. The van der Waals surface area contributed by atoms with E-state index in [1.54, 1.807) is 19.3 Å². The minimum atomic E-state index is -0.556. The summed E-state index contributed by atoms with van der Waals surface area (Å²) in [5, 5.41) is 2.76. The van der Waals surface area contributed by atoms with Crippen molar-refractivity contribution < 1.29 is 14.3 Å². The zero-order valence-electron chi connectivity index (χ0n) is 9.99. The lowest BCUT2D eigenvalue weighted by Gasteiger charge is -2.19. The highest BCUT2D eigenvalue weighted by Crippen LogP contribution is 2.32. The molecule has 0 fully saturated rings. The first-order valence-corrected chi connectivity index (χ1v) is 5.92. The summed E-state index contributed by atoms with van der Waals surface area (Å²) in [6.07, 6.45) is 3.04. The Morgan fingerprint density at radius 2 is 2.12 bits per heavy atom. The van der Waals surface area contributed by atoms with Crippen LogP contribution in [0.15, 0.2) is 16.9 Å². The normalized spacial score (nSPS) is 10.6. The molecule has 0 aromatic carbocycles. The fourth-order valence-corrected chi connectivity index (χ4v) is 1.87. The number of anilines is 1. The van der Waals surface area contributed by atoms with E-state index < -0.39 is 6.29 Å². The Bertz CT molecular complexity index is 394. The molecule has 94 valence electrons. The lowest BCUT2D eigenvalue weighted by Crippen LogP contribution is -2.15. The van der Waals surface area contributed by atoms with Crippen molar-refractivity contribution in [2.45, 2.75) is 19.6 Å². The minimum Gasteiger partial charge on any atom is -0.352 e. The summed E-state index contributed by atoms with van der Waals surface area (Å²) < 4.78 is 11.1. The Morgan fingerprint density at radius 1 is 1.47 bits per heavy atom. The van der Waals surface area contributed by atoms with Crippen LogP contribution in [-0.2, 0) is 14.3 Å². The first-order valence-electron chi connectivity index (χ1n) is 5.12. The lowest BCUT2D eigenvalue weighted by molar-refractivity contribution is -0.116. The topological polar surface area (TPSA) is 60.5 Å². The summed E-state index contributed by atoms with van der Waals surface area (Å²) in [6, 6.07) is 0. The van der Waals surface area contributed by atoms with Gasteiger partial charge in [-0.2, -0.15) is 0 Å². The molecule has 0 aliphatic heterocycles. The van der Waals surface area contributed by atoms with Crippen LogP contribution in [0.25, 0.3) is 0 Å². The highest BCUT2D eigenvalue weighted by molar-refractivity contribution is 9.10. The molecule has 0 aliphatic carbocycles. The van der Waals surface area contributed by atoms with Gasteiger partial charge in [0, 0.05) is 36.9 Å². The Labute approximate surface area is 109 Å². The fourth-order valence-electron chi connectivity index (χ4n) is 1.35. The molecule has 0 unspecified atom stereocenters. The number of ether oxygens (including phenoxy) is 2. The number of rotatable bonds is 5. The van der Waals surface area contributed by atoms with Gasteiger partial charge in [0.15, 0.2) is 6.29 Å². The monoisotopic (exact) mass is 302 g/mol. The second kappa shape index (κ2) is 6.68. The van der Waals surface area contributed by atoms with Crippen LogP contribution < -0.4 is 5.32 Å². The van der Waals surface area contributed by atoms with Crippen molar-refractivity contribution in [3.05, 3.63) is 22.4 Å². The van der Waals surface area contributed by atoms with Gasteiger partial charge in [0.1, 0.15) is 0 Å². The van der Waals surface area contributed by atoms with Crippen LogP contribution in [0.3, 0.4) is 0 Å². The van der Waals surface area contributed by atoms with Crippen LogP contribution in [0.1, 0.15) is 25.2 Å². The molecule has 0 aliphatic rings. The number of methoxy groups -OCH3 is 2. The van der Waals surface area contributed by atoms with Gasteiger partial charge in [0.25, 0.3) is 0 Å². The molecule has 1 N–H and O–H groups in total. The van der Waals surface area contributed by atoms with Gasteiger partial charge in [-0.05, 0) is 15.9 Å². The van der Waals surface area contributed by atoms with Crippen molar-refractivity contribution in [2.75, 3.05) is 19.5 Å². The number of aromatic nitrogens is 1. The predicted octanol–water partition coefficient (Wildman–Crippen LogP) is 2.48.